The Labute approximate surface area is 116 Å². The van der Waals surface area contributed by atoms with Crippen molar-refractivity contribution in [1.29, 1.82) is 0 Å². The van der Waals surface area contributed by atoms with Gasteiger partial charge in [0.25, 0.3) is 0 Å². The quantitative estimate of drug-likeness (QED) is 0.852. The molecule has 0 amide bonds. The molecular weight excluding hydrogens is 238 g/mol. The maximum absolute atomic E-state index is 5.94. The predicted molar refractivity (Wildman–Crippen MR) is 75.9 cm³/mol. The van der Waals surface area contributed by atoms with Crippen LogP contribution in [0.15, 0.2) is 4.42 Å². The van der Waals surface area contributed by atoms with Crippen molar-refractivity contribution >= 4 is 0 Å². The third-order valence-electron chi connectivity index (χ3n) is 5.07. The Kier molecular flexibility index (Phi) is 3.74. The summed E-state index contributed by atoms with van der Waals surface area (Å²) in [5.41, 5.74) is 0.491. The molecule has 1 saturated carbocycles. The molecule has 0 bridgehead atoms. The molecule has 1 atom stereocenters. The summed E-state index contributed by atoms with van der Waals surface area (Å²) < 4.78 is 5.94. The normalized spacial score (nSPS) is 22.4. The van der Waals surface area contributed by atoms with Crippen LogP contribution in [-0.2, 0) is 0 Å². The standard InChI is InChI=1S/C15H27N3O/c1-7-9-16-10(8-2)12-17-18-13(19-12)11-14(3,4)15(11,5)6/h10-11,16H,7-9H2,1-6H3. The average molecular weight is 265 g/mol. The zero-order chi connectivity index (χ0) is 14.3. The van der Waals surface area contributed by atoms with Crippen LogP contribution in [-0.4, -0.2) is 16.7 Å². The minimum absolute atomic E-state index is 0.186. The zero-order valence-corrected chi connectivity index (χ0v) is 13.1. The molecule has 1 aromatic heterocycles. The summed E-state index contributed by atoms with van der Waals surface area (Å²) >= 11 is 0. The van der Waals surface area contributed by atoms with E-state index >= 15 is 0 Å². The van der Waals surface area contributed by atoms with Crippen LogP contribution in [0.3, 0.4) is 0 Å². The number of aromatic nitrogens is 2. The molecule has 0 spiro atoms. The van der Waals surface area contributed by atoms with E-state index in [9.17, 15) is 0 Å². The minimum Gasteiger partial charge on any atom is -0.423 e. The highest BCUT2D eigenvalue weighted by molar-refractivity contribution is 5.24. The van der Waals surface area contributed by atoms with Crippen LogP contribution in [0.1, 0.15) is 78.1 Å². The molecule has 1 N–H and O–H groups in total. The summed E-state index contributed by atoms with van der Waals surface area (Å²) in [7, 11) is 0. The van der Waals surface area contributed by atoms with Gasteiger partial charge in [-0.1, -0.05) is 41.5 Å². The number of nitrogens with one attached hydrogen (secondary N) is 1. The molecule has 4 nitrogen and oxygen atoms in total. The van der Waals surface area contributed by atoms with Crippen molar-refractivity contribution in [1.82, 2.24) is 15.5 Å². The van der Waals surface area contributed by atoms with Crippen molar-refractivity contribution in [3.8, 4) is 0 Å². The number of hydrogen-bond donors (Lipinski definition) is 1. The van der Waals surface area contributed by atoms with E-state index < -0.39 is 0 Å². The first-order valence-corrected chi connectivity index (χ1v) is 7.42. The topological polar surface area (TPSA) is 51.0 Å². The molecule has 108 valence electrons. The molecule has 1 aromatic rings. The highest BCUT2D eigenvalue weighted by Crippen LogP contribution is 2.73. The van der Waals surface area contributed by atoms with Crippen LogP contribution in [0, 0.1) is 10.8 Å². The van der Waals surface area contributed by atoms with E-state index in [2.05, 4.69) is 57.1 Å². The van der Waals surface area contributed by atoms with Gasteiger partial charge in [0.2, 0.25) is 11.8 Å². The second-order valence-corrected chi connectivity index (χ2v) is 6.77. The van der Waals surface area contributed by atoms with Crippen molar-refractivity contribution in [3.05, 3.63) is 11.8 Å². The fourth-order valence-electron chi connectivity index (χ4n) is 3.04. The smallest absolute Gasteiger partial charge is 0.233 e. The highest BCUT2D eigenvalue weighted by Gasteiger charge is 2.67. The highest BCUT2D eigenvalue weighted by atomic mass is 16.4. The van der Waals surface area contributed by atoms with E-state index in [-0.39, 0.29) is 16.9 Å². The second kappa shape index (κ2) is 4.89. The zero-order valence-electron chi connectivity index (χ0n) is 13.1. The molecule has 0 aromatic carbocycles. The summed E-state index contributed by atoms with van der Waals surface area (Å²) in [5.74, 6) is 1.93. The van der Waals surface area contributed by atoms with Gasteiger partial charge in [-0.05, 0) is 30.2 Å². The second-order valence-electron chi connectivity index (χ2n) is 6.77. The van der Waals surface area contributed by atoms with Gasteiger partial charge in [0.15, 0.2) is 0 Å². The van der Waals surface area contributed by atoms with Crippen LogP contribution >= 0.6 is 0 Å². The van der Waals surface area contributed by atoms with Gasteiger partial charge in [-0.3, -0.25) is 0 Å². The Hall–Kier alpha value is -0.900. The van der Waals surface area contributed by atoms with E-state index in [0.717, 1.165) is 31.2 Å². The molecule has 1 unspecified atom stereocenters. The Morgan fingerprint density at radius 1 is 1.16 bits per heavy atom. The Morgan fingerprint density at radius 3 is 2.26 bits per heavy atom. The molecule has 1 fully saturated rings. The third kappa shape index (κ3) is 2.31. The lowest BCUT2D eigenvalue weighted by Crippen LogP contribution is -2.21. The first-order chi connectivity index (χ1) is 8.86. The molecule has 0 aliphatic heterocycles. The summed E-state index contributed by atoms with van der Waals surface area (Å²) in [4.78, 5) is 0. The molecular formula is C15H27N3O. The first kappa shape index (κ1) is 14.5. The molecule has 4 heteroatoms. The average Bonchev–Trinajstić information content (AvgIpc) is 2.71. The van der Waals surface area contributed by atoms with Crippen molar-refractivity contribution in [2.24, 2.45) is 10.8 Å². The maximum Gasteiger partial charge on any atom is 0.233 e. The van der Waals surface area contributed by atoms with Crippen molar-refractivity contribution in [3.63, 3.8) is 0 Å². The summed E-state index contributed by atoms with van der Waals surface area (Å²) in [6.07, 6.45) is 2.08. The molecule has 1 aliphatic carbocycles. The summed E-state index contributed by atoms with van der Waals surface area (Å²) in [6, 6.07) is 0.186. The van der Waals surface area contributed by atoms with E-state index in [0.29, 0.717) is 5.92 Å². The minimum atomic E-state index is 0.186. The van der Waals surface area contributed by atoms with Crippen LogP contribution in [0.5, 0.6) is 0 Å². The van der Waals surface area contributed by atoms with Gasteiger partial charge in [-0.25, -0.2) is 0 Å². The lowest BCUT2D eigenvalue weighted by Gasteiger charge is -2.11. The lowest BCUT2D eigenvalue weighted by atomic mass is 10.0. The Balaban J connectivity index is 2.12. The van der Waals surface area contributed by atoms with Gasteiger partial charge < -0.3 is 9.73 Å². The van der Waals surface area contributed by atoms with Crippen LogP contribution in [0.4, 0.5) is 0 Å². The largest absolute Gasteiger partial charge is 0.423 e. The molecule has 19 heavy (non-hydrogen) atoms. The van der Waals surface area contributed by atoms with Crippen molar-refractivity contribution in [2.75, 3.05) is 6.54 Å². The SMILES string of the molecule is CCCNC(CC)c1nnc(C2C(C)(C)C2(C)C)o1. The number of rotatable bonds is 6. The molecule has 0 radical (unpaired) electrons. The Bertz CT molecular complexity index is 422. The van der Waals surface area contributed by atoms with Crippen LogP contribution < -0.4 is 5.32 Å². The van der Waals surface area contributed by atoms with Crippen molar-refractivity contribution < 1.29 is 4.42 Å². The number of hydrogen-bond acceptors (Lipinski definition) is 4. The number of nitrogens with zero attached hydrogens (tertiary/aromatic N) is 2. The first-order valence-electron chi connectivity index (χ1n) is 7.42. The van der Waals surface area contributed by atoms with Crippen LogP contribution in [0.2, 0.25) is 0 Å². The van der Waals surface area contributed by atoms with E-state index in [1.165, 1.54) is 0 Å². The van der Waals surface area contributed by atoms with Gasteiger partial charge >= 0.3 is 0 Å². The van der Waals surface area contributed by atoms with Gasteiger partial charge in [0.1, 0.15) is 0 Å². The van der Waals surface area contributed by atoms with E-state index in [1.54, 1.807) is 0 Å². The van der Waals surface area contributed by atoms with Crippen LogP contribution in [0.25, 0.3) is 0 Å². The molecule has 1 aliphatic rings. The fourth-order valence-corrected chi connectivity index (χ4v) is 3.04. The van der Waals surface area contributed by atoms with Gasteiger partial charge in [0, 0.05) is 5.92 Å². The monoisotopic (exact) mass is 265 g/mol. The third-order valence-corrected chi connectivity index (χ3v) is 5.07. The van der Waals surface area contributed by atoms with Crippen molar-refractivity contribution in [2.45, 2.75) is 66.3 Å². The van der Waals surface area contributed by atoms with E-state index in [4.69, 9.17) is 4.42 Å². The summed E-state index contributed by atoms with van der Waals surface area (Å²) in [5, 5.41) is 12.0. The van der Waals surface area contributed by atoms with Gasteiger partial charge in [-0.15, -0.1) is 10.2 Å². The predicted octanol–water partition coefficient (Wildman–Crippen LogP) is 3.67. The fraction of sp³-hybridized carbons (Fsp3) is 0.867. The Morgan fingerprint density at radius 2 is 1.79 bits per heavy atom. The lowest BCUT2D eigenvalue weighted by molar-refractivity contribution is 0.365. The van der Waals surface area contributed by atoms with Gasteiger partial charge in [0.05, 0.1) is 6.04 Å². The molecule has 0 saturated heterocycles. The van der Waals surface area contributed by atoms with E-state index in [1.807, 2.05) is 0 Å². The van der Waals surface area contributed by atoms with Gasteiger partial charge in [-0.2, -0.15) is 0 Å². The maximum atomic E-state index is 5.94. The summed E-state index contributed by atoms with van der Waals surface area (Å²) in [6.45, 7) is 14.4. The molecule has 1 heterocycles. The molecule has 2 rings (SSSR count).